The molecule has 0 saturated carbocycles. The van der Waals surface area contributed by atoms with Crippen LogP contribution in [0.4, 0.5) is 13.2 Å². The number of halogens is 3. The summed E-state index contributed by atoms with van der Waals surface area (Å²) in [7, 11) is 0. The molecule has 0 spiro atoms. The number of benzene rings is 4. The highest BCUT2D eigenvalue weighted by atomic mass is 19.4. The maximum atomic E-state index is 12.8. The van der Waals surface area contributed by atoms with Gasteiger partial charge in [0.05, 0.1) is 5.56 Å². The lowest BCUT2D eigenvalue weighted by Crippen LogP contribution is -2.04. The van der Waals surface area contributed by atoms with Crippen LogP contribution in [0.25, 0.3) is 21.5 Å². The molecule has 26 heavy (non-hydrogen) atoms. The predicted octanol–water partition coefficient (Wildman–Crippen LogP) is 6.91. The molecule has 0 fully saturated rings. The van der Waals surface area contributed by atoms with Crippen molar-refractivity contribution in [3.8, 4) is 0 Å². The van der Waals surface area contributed by atoms with Gasteiger partial charge in [-0.15, -0.1) is 0 Å². The second kappa shape index (κ2) is 6.17. The lowest BCUT2D eigenvalue weighted by molar-refractivity contribution is -0.137. The molecule has 0 amide bonds. The lowest BCUT2D eigenvalue weighted by Gasteiger charge is -2.15. The molecule has 0 N–H and O–H groups in total. The SMILES string of the molecule is Cc1c2ccccc2c(Cc2ccc(C(F)(F)F)cc2)c2ccccc12. The van der Waals surface area contributed by atoms with Crippen LogP contribution < -0.4 is 0 Å². The van der Waals surface area contributed by atoms with Gasteiger partial charge in [0, 0.05) is 0 Å². The number of rotatable bonds is 2. The number of hydrogen-bond donors (Lipinski definition) is 0. The van der Waals surface area contributed by atoms with E-state index in [1.165, 1.54) is 16.3 Å². The number of hydrogen-bond acceptors (Lipinski definition) is 0. The highest BCUT2D eigenvalue weighted by Crippen LogP contribution is 2.34. The first-order valence-corrected chi connectivity index (χ1v) is 8.50. The molecule has 0 unspecified atom stereocenters. The second-order valence-corrected chi connectivity index (χ2v) is 6.57. The maximum Gasteiger partial charge on any atom is 0.416 e. The fourth-order valence-corrected chi connectivity index (χ4v) is 3.64. The summed E-state index contributed by atoms with van der Waals surface area (Å²) < 4.78 is 38.4. The quantitative estimate of drug-likeness (QED) is 0.345. The Hall–Kier alpha value is -2.81. The van der Waals surface area contributed by atoms with Gasteiger partial charge in [-0.1, -0.05) is 60.7 Å². The molecule has 0 bridgehead atoms. The molecule has 4 aromatic rings. The van der Waals surface area contributed by atoms with Crippen molar-refractivity contribution in [3.63, 3.8) is 0 Å². The first-order chi connectivity index (χ1) is 12.4. The Balaban J connectivity index is 1.89. The van der Waals surface area contributed by atoms with E-state index in [-0.39, 0.29) is 0 Å². The van der Waals surface area contributed by atoms with E-state index in [9.17, 15) is 13.2 Å². The van der Waals surface area contributed by atoms with Gasteiger partial charge in [-0.05, 0) is 63.7 Å². The Morgan fingerprint density at radius 1 is 0.654 bits per heavy atom. The van der Waals surface area contributed by atoms with Gasteiger partial charge in [0.25, 0.3) is 0 Å². The van der Waals surface area contributed by atoms with E-state index < -0.39 is 11.7 Å². The summed E-state index contributed by atoms with van der Waals surface area (Å²) in [6, 6.07) is 21.9. The minimum atomic E-state index is -4.30. The Morgan fingerprint density at radius 3 is 1.58 bits per heavy atom. The molecule has 3 heteroatoms. The highest BCUT2D eigenvalue weighted by Gasteiger charge is 2.29. The molecule has 0 heterocycles. The smallest absolute Gasteiger partial charge is 0.166 e. The monoisotopic (exact) mass is 350 g/mol. The zero-order chi connectivity index (χ0) is 18.3. The highest BCUT2D eigenvalue weighted by molar-refractivity contribution is 6.05. The lowest BCUT2D eigenvalue weighted by atomic mass is 9.89. The Bertz CT molecular complexity index is 1030. The van der Waals surface area contributed by atoms with Crippen LogP contribution in [-0.2, 0) is 12.6 Å². The Labute approximate surface area is 149 Å². The van der Waals surface area contributed by atoms with Crippen molar-refractivity contribution in [3.05, 3.63) is 95.1 Å². The third-order valence-electron chi connectivity index (χ3n) is 4.97. The van der Waals surface area contributed by atoms with Crippen molar-refractivity contribution >= 4 is 21.5 Å². The zero-order valence-electron chi connectivity index (χ0n) is 14.3. The van der Waals surface area contributed by atoms with E-state index in [1.807, 2.05) is 24.3 Å². The first kappa shape index (κ1) is 16.6. The summed E-state index contributed by atoms with van der Waals surface area (Å²) in [5.41, 5.74) is 2.64. The van der Waals surface area contributed by atoms with Crippen molar-refractivity contribution in [2.45, 2.75) is 19.5 Å². The van der Waals surface area contributed by atoms with E-state index in [4.69, 9.17) is 0 Å². The van der Waals surface area contributed by atoms with Crippen molar-refractivity contribution < 1.29 is 13.2 Å². The fraction of sp³-hybridized carbons (Fsp3) is 0.130. The molecule has 0 aromatic heterocycles. The van der Waals surface area contributed by atoms with Crippen LogP contribution in [0.3, 0.4) is 0 Å². The summed E-state index contributed by atoms with van der Waals surface area (Å²) in [6.45, 7) is 2.12. The zero-order valence-corrected chi connectivity index (χ0v) is 14.3. The predicted molar refractivity (Wildman–Crippen MR) is 100 cm³/mol. The summed E-state index contributed by atoms with van der Waals surface area (Å²) in [5.74, 6) is 0. The van der Waals surface area contributed by atoms with E-state index in [1.54, 1.807) is 12.1 Å². The third kappa shape index (κ3) is 2.84. The first-order valence-electron chi connectivity index (χ1n) is 8.50. The van der Waals surface area contributed by atoms with E-state index >= 15 is 0 Å². The van der Waals surface area contributed by atoms with Crippen LogP contribution in [0.5, 0.6) is 0 Å². The second-order valence-electron chi connectivity index (χ2n) is 6.57. The van der Waals surface area contributed by atoms with Crippen LogP contribution in [0.2, 0.25) is 0 Å². The number of fused-ring (bicyclic) bond motifs is 2. The Kier molecular flexibility index (Phi) is 3.95. The molecular weight excluding hydrogens is 333 g/mol. The summed E-state index contributed by atoms with van der Waals surface area (Å²) >= 11 is 0. The molecule has 0 atom stereocenters. The van der Waals surface area contributed by atoms with E-state index in [2.05, 4.69) is 31.2 Å². The largest absolute Gasteiger partial charge is 0.416 e. The summed E-state index contributed by atoms with van der Waals surface area (Å²) in [6.07, 6.45) is -3.71. The molecule has 0 nitrogen and oxygen atoms in total. The average Bonchev–Trinajstić information content (AvgIpc) is 2.65. The molecule has 4 rings (SSSR count). The topological polar surface area (TPSA) is 0 Å². The van der Waals surface area contributed by atoms with Gasteiger partial charge in [-0.3, -0.25) is 0 Å². The Morgan fingerprint density at radius 2 is 1.12 bits per heavy atom. The van der Waals surface area contributed by atoms with Crippen LogP contribution in [-0.4, -0.2) is 0 Å². The van der Waals surface area contributed by atoms with Crippen molar-refractivity contribution in [1.29, 1.82) is 0 Å². The van der Waals surface area contributed by atoms with Gasteiger partial charge in [0.2, 0.25) is 0 Å². The number of aryl methyl sites for hydroxylation is 1. The maximum absolute atomic E-state index is 12.8. The fourth-order valence-electron chi connectivity index (χ4n) is 3.64. The van der Waals surface area contributed by atoms with Crippen molar-refractivity contribution in [2.75, 3.05) is 0 Å². The third-order valence-corrected chi connectivity index (χ3v) is 4.97. The van der Waals surface area contributed by atoms with Gasteiger partial charge in [0.15, 0.2) is 0 Å². The minimum Gasteiger partial charge on any atom is -0.166 e. The molecule has 0 radical (unpaired) electrons. The van der Waals surface area contributed by atoms with E-state index in [0.29, 0.717) is 6.42 Å². The molecule has 0 aliphatic carbocycles. The normalized spacial score (nSPS) is 12.0. The summed E-state index contributed by atoms with van der Waals surface area (Å²) in [4.78, 5) is 0. The minimum absolute atomic E-state index is 0.597. The standard InChI is InChI=1S/C23H17F3/c1-15-18-6-2-4-8-20(18)22(21-9-5-3-7-19(15)21)14-16-10-12-17(13-11-16)23(24,25)26/h2-13H,14H2,1H3. The van der Waals surface area contributed by atoms with Gasteiger partial charge in [-0.25, -0.2) is 0 Å². The van der Waals surface area contributed by atoms with Crippen LogP contribution in [0.1, 0.15) is 22.3 Å². The molecular formula is C23H17F3. The molecule has 4 aromatic carbocycles. The number of alkyl halides is 3. The molecule has 0 aliphatic heterocycles. The van der Waals surface area contributed by atoms with Crippen LogP contribution in [0, 0.1) is 6.92 Å². The van der Waals surface area contributed by atoms with E-state index in [0.717, 1.165) is 34.0 Å². The summed E-state index contributed by atoms with van der Waals surface area (Å²) in [5, 5.41) is 4.69. The van der Waals surface area contributed by atoms with Crippen LogP contribution in [0.15, 0.2) is 72.8 Å². The molecule has 0 saturated heterocycles. The van der Waals surface area contributed by atoms with Gasteiger partial charge in [0.1, 0.15) is 0 Å². The van der Waals surface area contributed by atoms with Crippen molar-refractivity contribution in [1.82, 2.24) is 0 Å². The van der Waals surface area contributed by atoms with Crippen molar-refractivity contribution in [2.24, 2.45) is 0 Å². The van der Waals surface area contributed by atoms with Crippen LogP contribution >= 0.6 is 0 Å². The molecule has 130 valence electrons. The molecule has 0 aliphatic rings. The average molecular weight is 350 g/mol. The van der Waals surface area contributed by atoms with Gasteiger partial charge >= 0.3 is 6.18 Å². The van der Waals surface area contributed by atoms with Gasteiger partial charge < -0.3 is 0 Å². The van der Waals surface area contributed by atoms with Gasteiger partial charge in [-0.2, -0.15) is 13.2 Å².